The Bertz CT molecular complexity index is 1590. The highest BCUT2D eigenvalue weighted by Crippen LogP contribution is 2.23. The Balaban J connectivity index is 1.25. The van der Waals surface area contributed by atoms with Crippen molar-refractivity contribution in [3.05, 3.63) is 113 Å². The molecule has 0 unspecified atom stereocenters. The second-order valence-electron chi connectivity index (χ2n) is 8.33. The Labute approximate surface area is 224 Å². The average molecular weight is 528 g/mol. The van der Waals surface area contributed by atoms with Gasteiger partial charge in [0, 0.05) is 16.3 Å². The van der Waals surface area contributed by atoms with E-state index in [2.05, 4.69) is 20.8 Å². The minimum Gasteiger partial charge on any atom is -0.489 e. The van der Waals surface area contributed by atoms with Gasteiger partial charge in [-0.05, 0) is 84.9 Å². The Morgan fingerprint density at radius 3 is 2.43 bits per heavy atom. The number of thiocarbonyl (C=S) groups is 1. The van der Waals surface area contributed by atoms with Crippen LogP contribution in [-0.2, 0) is 6.61 Å². The number of anilines is 1. The van der Waals surface area contributed by atoms with Gasteiger partial charge < -0.3 is 10.1 Å². The third-order valence-electron chi connectivity index (χ3n) is 5.60. The molecule has 5 aromatic rings. The number of benzene rings is 4. The molecule has 0 saturated heterocycles. The molecule has 184 valence electrons. The molecule has 0 spiro atoms. The monoisotopic (exact) mass is 527 g/mol. The molecule has 4 aromatic carbocycles. The van der Waals surface area contributed by atoms with Gasteiger partial charge in [-0.3, -0.25) is 10.1 Å². The summed E-state index contributed by atoms with van der Waals surface area (Å²) in [4.78, 5) is 14.4. The van der Waals surface area contributed by atoms with Crippen LogP contribution < -0.4 is 15.4 Å². The van der Waals surface area contributed by atoms with E-state index < -0.39 is 0 Å². The number of carbonyl (C=O) groups is 1. The van der Waals surface area contributed by atoms with Crippen LogP contribution in [0.5, 0.6) is 5.75 Å². The van der Waals surface area contributed by atoms with Crippen LogP contribution in [0.3, 0.4) is 0 Å². The fourth-order valence-corrected chi connectivity index (χ4v) is 4.02. The topological polar surface area (TPSA) is 81.1 Å². The smallest absolute Gasteiger partial charge is 0.257 e. The van der Waals surface area contributed by atoms with Crippen molar-refractivity contribution in [3.63, 3.8) is 0 Å². The van der Waals surface area contributed by atoms with Crippen LogP contribution in [0, 0.1) is 6.92 Å². The molecule has 0 aliphatic heterocycles. The second kappa shape index (κ2) is 10.8. The molecular formula is C28H22ClN5O2S. The number of halogens is 1. The van der Waals surface area contributed by atoms with Gasteiger partial charge in [0.1, 0.15) is 23.4 Å². The van der Waals surface area contributed by atoms with Crippen LogP contribution in [0.4, 0.5) is 5.69 Å². The van der Waals surface area contributed by atoms with Gasteiger partial charge in [-0.15, -0.1) is 10.2 Å². The summed E-state index contributed by atoms with van der Waals surface area (Å²) in [7, 11) is 0. The number of hydrogen-bond donors (Lipinski definition) is 2. The van der Waals surface area contributed by atoms with Crippen molar-refractivity contribution in [2.24, 2.45) is 0 Å². The number of aromatic nitrogens is 3. The largest absolute Gasteiger partial charge is 0.489 e. The van der Waals surface area contributed by atoms with Crippen molar-refractivity contribution in [2.75, 3.05) is 5.32 Å². The quantitative estimate of drug-likeness (QED) is 0.260. The van der Waals surface area contributed by atoms with Crippen molar-refractivity contribution >= 4 is 51.6 Å². The van der Waals surface area contributed by atoms with Gasteiger partial charge in [0.25, 0.3) is 5.91 Å². The zero-order valence-electron chi connectivity index (χ0n) is 19.8. The maximum atomic E-state index is 12.8. The number of carbonyl (C=O) groups excluding carboxylic acids is 1. The first-order chi connectivity index (χ1) is 17.9. The predicted octanol–water partition coefficient (Wildman–Crippen LogP) is 6.09. The lowest BCUT2D eigenvalue weighted by molar-refractivity contribution is 0.0977. The number of nitrogens with zero attached hydrogens (tertiary/aromatic N) is 3. The second-order valence-corrected chi connectivity index (χ2v) is 9.18. The molecule has 0 aliphatic carbocycles. The van der Waals surface area contributed by atoms with E-state index in [1.165, 1.54) is 0 Å². The molecule has 7 nitrogen and oxygen atoms in total. The fourth-order valence-electron chi connectivity index (χ4n) is 3.69. The Kier molecular flexibility index (Phi) is 7.11. The number of fused-ring (bicyclic) bond motifs is 1. The van der Waals surface area contributed by atoms with E-state index in [9.17, 15) is 4.79 Å². The van der Waals surface area contributed by atoms with Gasteiger partial charge in [-0.1, -0.05) is 48.0 Å². The third-order valence-corrected chi connectivity index (χ3v) is 6.06. The molecule has 9 heteroatoms. The van der Waals surface area contributed by atoms with Gasteiger partial charge in [0.2, 0.25) is 0 Å². The van der Waals surface area contributed by atoms with Gasteiger partial charge in [0.05, 0.1) is 5.69 Å². The summed E-state index contributed by atoms with van der Waals surface area (Å²) in [6, 6.07) is 27.8. The molecule has 5 rings (SSSR count). The zero-order chi connectivity index (χ0) is 25.8. The molecule has 0 bridgehead atoms. The number of rotatable bonds is 6. The molecule has 0 saturated carbocycles. The van der Waals surface area contributed by atoms with Crippen LogP contribution in [0.15, 0.2) is 91.0 Å². The molecule has 37 heavy (non-hydrogen) atoms. The van der Waals surface area contributed by atoms with E-state index in [1.807, 2.05) is 67.6 Å². The highest BCUT2D eigenvalue weighted by molar-refractivity contribution is 7.80. The molecule has 0 atom stereocenters. The summed E-state index contributed by atoms with van der Waals surface area (Å²) >= 11 is 11.4. The van der Waals surface area contributed by atoms with Crippen molar-refractivity contribution in [1.82, 2.24) is 20.3 Å². The fraction of sp³-hybridized carbons (Fsp3) is 0.0714. The number of amides is 1. The first-order valence-electron chi connectivity index (χ1n) is 11.5. The number of hydrogen-bond acceptors (Lipinski definition) is 5. The predicted molar refractivity (Wildman–Crippen MR) is 150 cm³/mol. The van der Waals surface area contributed by atoms with E-state index >= 15 is 0 Å². The molecule has 2 N–H and O–H groups in total. The van der Waals surface area contributed by atoms with E-state index in [0.29, 0.717) is 28.5 Å². The van der Waals surface area contributed by atoms with Gasteiger partial charge in [0.15, 0.2) is 5.11 Å². The normalized spacial score (nSPS) is 10.8. The SMILES string of the molecule is Cc1cc2nn(-c3ccc(Cl)cc3)nc2cc1NC(=S)NC(=O)c1cccc(OCc2ccccc2)c1. The molecule has 0 fully saturated rings. The minimum atomic E-state index is -0.338. The summed E-state index contributed by atoms with van der Waals surface area (Å²) in [5, 5.41) is 15.7. The number of aryl methyl sites for hydroxylation is 1. The summed E-state index contributed by atoms with van der Waals surface area (Å²) in [6.07, 6.45) is 0. The Morgan fingerprint density at radius 1 is 0.946 bits per heavy atom. The molecule has 0 radical (unpaired) electrons. The van der Waals surface area contributed by atoms with Crippen LogP contribution in [-0.4, -0.2) is 26.0 Å². The molecular weight excluding hydrogens is 506 g/mol. The molecule has 1 aromatic heterocycles. The number of nitrogens with one attached hydrogen (secondary N) is 2. The van der Waals surface area contributed by atoms with Crippen LogP contribution in [0.25, 0.3) is 16.7 Å². The van der Waals surface area contributed by atoms with E-state index in [1.54, 1.807) is 35.1 Å². The van der Waals surface area contributed by atoms with Gasteiger partial charge >= 0.3 is 0 Å². The maximum Gasteiger partial charge on any atom is 0.257 e. The lowest BCUT2D eigenvalue weighted by Crippen LogP contribution is -2.34. The van der Waals surface area contributed by atoms with Gasteiger partial charge in [-0.25, -0.2) is 0 Å². The van der Waals surface area contributed by atoms with E-state index in [4.69, 9.17) is 28.6 Å². The highest BCUT2D eigenvalue weighted by atomic mass is 35.5. The molecule has 1 heterocycles. The van der Waals surface area contributed by atoms with Crippen molar-refractivity contribution in [2.45, 2.75) is 13.5 Å². The standard InChI is InChI=1S/C28H22ClN5O2S/c1-18-14-25-26(33-34(32-25)22-12-10-21(29)11-13-22)16-24(18)30-28(37)31-27(35)20-8-5-9-23(15-20)36-17-19-6-3-2-4-7-19/h2-16H,17H2,1H3,(H2,30,31,35,37). The van der Waals surface area contributed by atoms with Crippen molar-refractivity contribution in [3.8, 4) is 11.4 Å². The lowest BCUT2D eigenvalue weighted by Gasteiger charge is -2.12. The number of ether oxygens (including phenoxy) is 1. The van der Waals surface area contributed by atoms with E-state index in [-0.39, 0.29) is 11.0 Å². The summed E-state index contributed by atoms with van der Waals surface area (Å²) in [6.45, 7) is 2.34. The minimum absolute atomic E-state index is 0.174. The third kappa shape index (κ3) is 5.94. The molecule has 0 aliphatic rings. The van der Waals surface area contributed by atoms with Gasteiger partial charge in [-0.2, -0.15) is 4.80 Å². The summed E-state index contributed by atoms with van der Waals surface area (Å²) < 4.78 is 5.83. The molecule has 1 amide bonds. The van der Waals surface area contributed by atoms with Crippen LogP contribution >= 0.6 is 23.8 Å². The maximum absolute atomic E-state index is 12.8. The first-order valence-corrected chi connectivity index (χ1v) is 12.3. The highest BCUT2D eigenvalue weighted by Gasteiger charge is 2.13. The average Bonchev–Trinajstić information content (AvgIpc) is 3.31. The van der Waals surface area contributed by atoms with Crippen LogP contribution in [0.1, 0.15) is 21.5 Å². The zero-order valence-corrected chi connectivity index (χ0v) is 21.4. The first kappa shape index (κ1) is 24.4. The lowest BCUT2D eigenvalue weighted by atomic mass is 10.2. The van der Waals surface area contributed by atoms with Crippen LogP contribution in [0.2, 0.25) is 5.02 Å². The van der Waals surface area contributed by atoms with E-state index in [0.717, 1.165) is 28.0 Å². The summed E-state index contributed by atoms with van der Waals surface area (Å²) in [5.74, 6) is 0.260. The van der Waals surface area contributed by atoms with Crippen molar-refractivity contribution < 1.29 is 9.53 Å². The summed E-state index contributed by atoms with van der Waals surface area (Å²) in [5.41, 5.74) is 5.33. The Morgan fingerprint density at radius 2 is 1.68 bits per heavy atom. The Hall–Kier alpha value is -4.27. The van der Waals surface area contributed by atoms with Crippen molar-refractivity contribution in [1.29, 1.82) is 0 Å².